The predicted molar refractivity (Wildman–Crippen MR) is 227 cm³/mol. The summed E-state index contributed by atoms with van der Waals surface area (Å²) in [5.74, 6) is 1.85. The molecular weight excluding hydrogens is 733 g/mol. The lowest BCUT2D eigenvalue weighted by Crippen LogP contribution is -2.44. The Morgan fingerprint density at radius 3 is 1.11 bits per heavy atom. The largest absolute Gasteiger partial charge is 0.494 e. The number of ether oxygens (including phenoxy) is 6. The van der Waals surface area contributed by atoms with Gasteiger partial charge in [-0.25, -0.2) is 0 Å². The molecule has 2 fully saturated rings. The maximum Gasteiger partial charge on any atom is 0.173 e. The average molecular weight is 805 g/mol. The maximum absolute atomic E-state index is 6.82. The average Bonchev–Trinajstić information content (AvgIpc) is 4.01. The Morgan fingerprint density at radius 1 is 0.509 bits per heavy atom. The highest BCUT2D eigenvalue weighted by Gasteiger charge is 2.34. The molecule has 0 bridgehead atoms. The van der Waals surface area contributed by atoms with Crippen molar-refractivity contribution in [2.45, 2.75) is 134 Å². The topological polar surface area (TPSA) is 80.4 Å². The van der Waals surface area contributed by atoms with Crippen LogP contribution in [-0.4, -0.2) is 98.3 Å². The Kier molecular flexibility index (Phi) is 16.9. The fourth-order valence-corrected chi connectivity index (χ4v) is 24.7. The number of epoxide rings is 2. The molecule has 0 radical (unpaired) electrons. The molecule has 0 N–H and O–H groups in total. The van der Waals surface area contributed by atoms with Crippen LogP contribution in [0.3, 0.4) is 0 Å². The van der Waals surface area contributed by atoms with Gasteiger partial charge in [0.15, 0.2) is 33.3 Å². The van der Waals surface area contributed by atoms with Crippen molar-refractivity contribution in [1.82, 2.24) is 0 Å². The minimum atomic E-state index is -1.76. The van der Waals surface area contributed by atoms with Gasteiger partial charge in [-0.05, 0) is 138 Å². The van der Waals surface area contributed by atoms with Gasteiger partial charge in [0.25, 0.3) is 0 Å². The van der Waals surface area contributed by atoms with Gasteiger partial charge in [-0.15, -0.1) is 0 Å². The number of benzene rings is 2. The Balaban J connectivity index is 1.11. The maximum atomic E-state index is 6.82. The van der Waals surface area contributed by atoms with E-state index in [0.29, 0.717) is 25.4 Å². The van der Waals surface area contributed by atoms with E-state index < -0.39 is 33.3 Å². The van der Waals surface area contributed by atoms with E-state index in [-0.39, 0.29) is 5.41 Å². The van der Waals surface area contributed by atoms with Gasteiger partial charge in [-0.1, -0.05) is 38.1 Å². The van der Waals surface area contributed by atoms with Gasteiger partial charge in [0, 0.05) is 18.6 Å². The van der Waals surface area contributed by atoms with E-state index in [1.54, 1.807) is 0 Å². The summed E-state index contributed by atoms with van der Waals surface area (Å²) >= 11 is 0. The van der Waals surface area contributed by atoms with Crippen molar-refractivity contribution >= 4 is 33.3 Å². The standard InChI is InChI=1S/C41H72O8Si4/c1-41(2,35-15-19-37(20-16-35)44-25-13-29-52(7,8)48-50(3,4)27-11-23-42-31-39-33-46-39)36-17-21-38(22-18-36)45-26-14-30-53(9,10)49-51(5,6)28-12-24-43-32-40-34-47-40/h15-22,39-40H,11-14,23-34H2,1-10H3. The Labute approximate surface area is 326 Å². The summed E-state index contributed by atoms with van der Waals surface area (Å²) in [6.45, 7) is 29.6. The van der Waals surface area contributed by atoms with Crippen molar-refractivity contribution in [3.63, 3.8) is 0 Å². The summed E-state index contributed by atoms with van der Waals surface area (Å²) in [6, 6.07) is 21.7. The molecule has 8 nitrogen and oxygen atoms in total. The molecular formula is C41H72O8Si4. The van der Waals surface area contributed by atoms with Gasteiger partial charge >= 0.3 is 0 Å². The molecule has 0 spiro atoms. The van der Waals surface area contributed by atoms with Crippen LogP contribution in [0, 0.1) is 0 Å². The molecule has 12 heteroatoms. The molecule has 0 aromatic heterocycles. The van der Waals surface area contributed by atoms with E-state index in [1.165, 1.54) is 11.1 Å². The summed E-state index contributed by atoms with van der Waals surface area (Å²) < 4.78 is 47.9. The first-order chi connectivity index (χ1) is 24.9. The fraction of sp³-hybridized carbons (Fsp3) is 0.707. The minimum absolute atomic E-state index is 0.139. The molecule has 2 aromatic rings. The van der Waals surface area contributed by atoms with E-state index >= 15 is 0 Å². The quantitative estimate of drug-likeness (QED) is 0.0478. The van der Waals surface area contributed by atoms with Crippen molar-refractivity contribution in [3.05, 3.63) is 59.7 Å². The van der Waals surface area contributed by atoms with Gasteiger partial charge in [0.1, 0.15) is 23.7 Å². The second-order valence-electron chi connectivity index (χ2n) is 18.1. The molecule has 2 aromatic carbocycles. The molecule has 0 aliphatic carbocycles. The fourth-order valence-electron chi connectivity index (χ4n) is 7.14. The van der Waals surface area contributed by atoms with Crippen LogP contribution in [0.1, 0.15) is 50.7 Å². The van der Waals surface area contributed by atoms with Gasteiger partial charge in [0.05, 0.1) is 39.6 Å². The van der Waals surface area contributed by atoms with Crippen LogP contribution < -0.4 is 9.47 Å². The lowest BCUT2D eigenvalue weighted by atomic mass is 9.78. The van der Waals surface area contributed by atoms with Crippen molar-refractivity contribution in [2.24, 2.45) is 0 Å². The molecule has 2 unspecified atom stereocenters. The molecule has 2 saturated heterocycles. The van der Waals surface area contributed by atoms with Gasteiger partial charge < -0.3 is 36.7 Å². The van der Waals surface area contributed by atoms with Gasteiger partial charge in [0.2, 0.25) is 0 Å². The molecule has 53 heavy (non-hydrogen) atoms. The van der Waals surface area contributed by atoms with Crippen LogP contribution in [0.25, 0.3) is 0 Å². The van der Waals surface area contributed by atoms with Crippen LogP contribution >= 0.6 is 0 Å². The zero-order valence-corrected chi connectivity index (χ0v) is 38.9. The number of hydrogen-bond acceptors (Lipinski definition) is 8. The highest BCUT2D eigenvalue weighted by molar-refractivity contribution is 6.85. The summed E-state index contributed by atoms with van der Waals surface area (Å²) in [5, 5.41) is 0. The minimum Gasteiger partial charge on any atom is -0.494 e. The zero-order chi connectivity index (χ0) is 38.6. The molecule has 2 aliphatic heterocycles. The van der Waals surface area contributed by atoms with Crippen molar-refractivity contribution in [1.29, 1.82) is 0 Å². The van der Waals surface area contributed by atoms with E-state index in [2.05, 4.69) is 115 Å². The monoisotopic (exact) mass is 804 g/mol. The smallest absolute Gasteiger partial charge is 0.173 e. The Bertz CT molecular complexity index is 1240. The SMILES string of the molecule is CC(C)(c1ccc(OCCC[Si](C)(C)O[Si](C)(C)CCCOCC2CO2)cc1)c1ccc(OCCC[Si](C)(C)O[Si](C)(C)CCCOCC2CO2)cc1. The van der Waals surface area contributed by atoms with Crippen LogP contribution in [0.15, 0.2) is 48.5 Å². The van der Waals surface area contributed by atoms with Crippen LogP contribution in [0.5, 0.6) is 11.5 Å². The van der Waals surface area contributed by atoms with Crippen LogP contribution in [0.4, 0.5) is 0 Å². The first-order valence-electron chi connectivity index (χ1n) is 20.2. The Hall–Kier alpha value is -1.33. The van der Waals surface area contributed by atoms with Crippen molar-refractivity contribution in [3.8, 4) is 11.5 Å². The Morgan fingerprint density at radius 2 is 0.811 bits per heavy atom. The first-order valence-corrected chi connectivity index (χ1v) is 32.7. The molecule has 2 atom stereocenters. The molecule has 4 rings (SSSR count). The van der Waals surface area contributed by atoms with Crippen molar-refractivity contribution in [2.75, 3.05) is 52.9 Å². The summed E-state index contributed by atoms with van der Waals surface area (Å²) in [6.07, 6.45) is 4.84. The predicted octanol–water partition coefficient (Wildman–Crippen LogP) is 10.0. The molecule has 0 saturated carbocycles. The van der Waals surface area contributed by atoms with E-state index in [9.17, 15) is 0 Å². The third-order valence-corrected chi connectivity index (χ3v) is 25.3. The highest BCUT2D eigenvalue weighted by Crippen LogP contribution is 2.34. The normalized spacial score (nSPS) is 17.9. The highest BCUT2D eigenvalue weighted by atomic mass is 28.4. The molecule has 2 heterocycles. The summed E-state index contributed by atoms with van der Waals surface area (Å²) in [5.41, 5.74) is 2.39. The van der Waals surface area contributed by atoms with E-state index in [4.69, 9.17) is 36.7 Å². The second kappa shape index (κ2) is 20.2. The third kappa shape index (κ3) is 17.6. The van der Waals surface area contributed by atoms with Gasteiger partial charge in [-0.3, -0.25) is 0 Å². The third-order valence-electron chi connectivity index (χ3n) is 10.2. The number of hydrogen-bond donors (Lipinski definition) is 0. The zero-order valence-electron chi connectivity index (χ0n) is 34.9. The van der Waals surface area contributed by atoms with E-state index in [1.807, 2.05) is 0 Å². The molecule has 2 aliphatic rings. The molecule has 0 amide bonds. The van der Waals surface area contributed by atoms with E-state index in [0.717, 1.165) is 101 Å². The second-order valence-corrected chi connectivity index (χ2v) is 35.8. The van der Waals surface area contributed by atoms with Crippen molar-refractivity contribution < 1.29 is 36.7 Å². The summed E-state index contributed by atoms with van der Waals surface area (Å²) in [7, 11) is -6.94. The lowest BCUT2D eigenvalue weighted by Gasteiger charge is -2.34. The molecule has 300 valence electrons. The van der Waals surface area contributed by atoms with Crippen LogP contribution in [0.2, 0.25) is 76.6 Å². The number of rotatable bonds is 28. The lowest BCUT2D eigenvalue weighted by molar-refractivity contribution is 0.116. The van der Waals surface area contributed by atoms with Crippen LogP contribution in [-0.2, 0) is 32.6 Å². The summed E-state index contributed by atoms with van der Waals surface area (Å²) in [4.78, 5) is 0. The first kappa shape index (κ1) is 44.4. The van der Waals surface area contributed by atoms with Gasteiger partial charge in [-0.2, -0.15) is 0 Å².